The first-order valence-electron chi connectivity index (χ1n) is 18.4. The molecule has 2 aliphatic heterocycles. The van der Waals surface area contributed by atoms with E-state index in [1.165, 1.54) is 16.2 Å². The van der Waals surface area contributed by atoms with Crippen molar-refractivity contribution in [2.75, 3.05) is 40.3 Å². The minimum atomic E-state index is -0.616. The first kappa shape index (κ1) is 38.2. The molecule has 1 aliphatic carbocycles. The smallest absolute Gasteiger partial charge is 0.290 e. The summed E-state index contributed by atoms with van der Waals surface area (Å²) in [6.45, 7) is 12.1. The van der Waals surface area contributed by atoms with Crippen LogP contribution < -0.4 is 10.5 Å². The number of Topliss-reactive ketones (excluding diaryl/α,β-unsaturated/α-hetero) is 1. The minimum Gasteiger partial charge on any atom is -0.483 e. The van der Waals surface area contributed by atoms with E-state index in [1.54, 1.807) is 6.20 Å². The molecule has 0 saturated carbocycles. The molecule has 0 radical (unpaired) electrons. The van der Waals surface area contributed by atoms with Gasteiger partial charge in [-0.25, -0.2) is 4.99 Å². The standard InChI is InChI=1S/C40H53N5O3.CH2O2/c1-26-19-31(24-41-38(26)47)28-9-7-27(8-10-28)29(13-16-45-17-14-40(48,15-18-45)25-44(5)6)22-37(46)36-23-35-34(43-36)21-30-20-32(39(2,3)4)11-12-33(30)42-35;2-1-3/h7-10,19,21,24,29,32,48H,11-18,20,22-23,25H2,1-6H3,(H,41,47);1H,(H,2,3)/p+1/t29-,32-;/m0./s1. The fraction of sp³-hybridized carbons (Fsp3) is 0.537. The van der Waals surface area contributed by atoms with Crippen LogP contribution in [0.1, 0.15) is 86.9 Å². The van der Waals surface area contributed by atoms with Crippen LogP contribution in [0.5, 0.6) is 0 Å². The second-order valence-electron chi connectivity index (χ2n) is 16.3. The zero-order valence-electron chi connectivity index (χ0n) is 31.2. The summed E-state index contributed by atoms with van der Waals surface area (Å²) in [6.07, 6.45) is 8.33. The number of aromatic nitrogens is 2. The zero-order chi connectivity index (χ0) is 36.9. The number of aliphatic imine (C=N–C) groups is 1. The Balaban J connectivity index is 0.00000162. The topological polar surface area (TPSA) is 140 Å². The monoisotopic (exact) mass is 698 g/mol. The Morgan fingerprint density at radius 2 is 1.80 bits per heavy atom. The van der Waals surface area contributed by atoms with Crippen molar-refractivity contribution in [1.82, 2.24) is 14.9 Å². The molecule has 0 bridgehead atoms. The Hall–Kier alpha value is -3.99. The number of pyridine rings is 2. The number of likely N-dealkylation sites (N-methyl/N-ethyl adjacent to an activating group) is 1. The molecule has 6 rings (SSSR count). The van der Waals surface area contributed by atoms with Crippen molar-refractivity contribution in [3.63, 3.8) is 0 Å². The number of hydrogen-bond acceptors (Lipinski definition) is 7. The van der Waals surface area contributed by atoms with Gasteiger partial charge in [-0.3, -0.25) is 19.4 Å². The molecule has 10 nitrogen and oxygen atoms in total. The van der Waals surface area contributed by atoms with Gasteiger partial charge in [0.15, 0.2) is 5.78 Å². The molecule has 0 unspecified atom stereocenters. The molecule has 10 heteroatoms. The Morgan fingerprint density at radius 1 is 1.12 bits per heavy atom. The largest absolute Gasteiger partial charge is 0.483 e. The minimum absolute atomic E-state index is 0.0547. The van der Waals surface area contributed by atoms with Gasteiger partial charge >= 0.3 is 0 Å². The lowest BCUT2D eigenvalue weighted by molar-refractivity contribution is -0.907. The lowest BCUT2D eigenvalue weighted by Gasteiger charge is -2.37. The van der Waals surface area contributed by atoms with Crippen molar-refractivity contribution in [3.05, 3.63) is 81.0 Å². The first-order valence-corrected chi connectivity index (χ1v) is 18.4. The predicted molar refractivity (Wildman–Crippen MR) is 201 cm³/mol. The van der Waals surface area contributed by atoms with Gasteiger partial charge in [0.25, 0.3) is 12.0 Å². The van der Waals surface area contributed by atoms with Gasteiger partial charge in [-0.2, -0.15) is 0 Å². The number of carbonyl (C=O) groups excluding carboxylic acids is 1. The number of carboxylic acid groups (broad SMARTS) is 1. The normalized spacial score (nSPS) is 21.9. The Bertz CT molecular complexity index is 1780. The molecule has 0 amide bonds. The van der Waals surface area contributed by atoms with E-state index in [0.717, 1.165) is 86.2 Å². The van der Waals surface area contributed by atoms with E-state index in [2.05, 4.69) is 61.0 Å². The molecular formula is C41H56N5O5+. The first-order chi connectivity index (χ1) is 24.2. The number of aliphatic hydroxyl groups is 1. The number of hydrogen-bond donors (Lipinski definition) is 4. The van der Waals surface area contributed by atoms with Crippen LogP contribution in [0.3, 0.4) is 0 Å². The van der Waals surface area contributed by atoms with Crippen LogP contribution in [-0.2, 0) is 28.9 Å². The summed E-state index contributed by atoms with van der Waals surface area (Å²) >= 11 is 0. The van der Waals surface area contributed by atoms with Gasteiger partial charge in [0, 0.05) is 56.1 Å². The highest BCUT2D eigenvalue weighted by molar-refractivity contribution is 6.41. The number of benzene rings is 1. The third-order valence-corrected chi connectivity index (χ3v) is 11.2. The number of aryl methyl sites for hydroxylation is 2. The molecule has 274 valence electrons. The second kappa shape index (κ2) is 16.1. The summed E-state index contributed by atoms with van der Waals surface area (Å²) in [6, 6.07) is 12.6. The molecule has 2 atom stereocenters. The highest BCUT2D eigenvalue weighted by atomic mass is 16.3. The lowest BCUT2D eigenvalue weighted by Crippen LogP contribution is -3.13. The Morgan fingerprint density at radius 3 is 2.43 bits per heavy atom. The van der Waals surface area contributed by atoms with E-state index >= 15 is 0 Å². The van der Waals surface area contributed by atoms with Gasteiger partial charge in [-0.1, -0.05) is 45.0 Å². The maximum Gasteiger partial charge on any atom is 0.290 e. The predicted octanol–water partition coefficient (Wildman–Crippen LogP) is 4.33. The van der Waals surface area contributed by atoms with E-state index in [4.69, 9.17) is 19.9 Å². The van der Waals surface area contributed by atoms with Crippen LogP contribution in [0, 0.1) is 18.3 Å². The molecule has 1 aromatic carbocycles. The number of H-pyrrole nitrogens is 1. The average Bonchev–Trinajstić information content (AvgIpc) is 3.50. The summed E-state index contributed by atoms with van der Waals surface area (Å²) in [5, 5.41) is 18.0. The van der Waals surface area contributed by atoms with E-state index in [-0.39, 0.29) is 29.1 Å². The van der Waals surface area contributed by atoms with Crippen LogP contribution in [-0.4, -0.2) is 88.9 Å². The molecule has 4 heterocycles. The summed E-state index contributed by atoms with van der Waals surface area (Å²) < 4.78 is 0. The third kappa shape index (κ3) is 9.67. The number of nitrogens with zero attached hydrogens (tertiary/aromatic N) is 3. The molecule has 0 spiro atoms. The van der Waals surface area contributed by atoms with Crippen molar-refractivity contribution in [3.8, 4) is 11.1 Å². The zero-order valence-corrected chi connectivity index (χ0v) is 31.2. The number of ketones is 1. The van der Waals surface area contributed by atoms with Gasteiger partial charge < -0.3 is 25.0 Å². The molecule has 3 aliphatic rings. The van der Waals surface area contributed by atoms with Crippen molar-refractivity contribution in [2.45, 2.75) is 90.6 Å². The number of aromatic amines is 1. The summed E-state index contributed by atoms with van der Waals surface area (Å²) in [5.41, 5.74) is 8.36. The van der Waals surface area contributed by atoms with Crippen LogP contribution in [0.2, 0.25) is 0 Å². The summed E-state index contributed by atoms with van der Waals surface area (Å²) in [7, 11) is 4.03. The van der Waals surface area contributed by atoms with E-state index in [9.17, 15) is 14.7 Å². The van der Waals surface area contributed by atoms with E-state index < -0.39 is 5.60 Å². The van der Waals surface area contributed by atoms with Gasteiger partial charge in [-0.05, 0) is 91.9 Å². The highest BCUT2D eigenvalue weighted by Crippen LogP contribution is 2.39. The molecule has 1 fully saturated rings. The number of quaternary nitrogens is 1. The maximum atomic E-state index is 14.0. The molecule has 4 N–H and O–H groups in total. The number of fused-ring (bicyclic) bond motifs is 2. The van der Waals surface area contributed by atoms with Crippen LogP contribution in [0.15, 0.2) is 52.4 Å². The Kier molecular flexibility index (Phi) is 12.1. The number of piperidine rings is 1. The molecule has 3 aromatic rings. The lowest BCUT2D eigenvalue weighted by atomic mass is 9.71. The quantitative estimate of drug-likeness (QED) is 0.231. The molecule has 51 heavy (non-hydrogen) atoms. The van der Waals surface area contributed by atoms with Gasteiger partial charge in [0.2, 0.25) is 0 Å². The van der Waals surface area contributed by atoms with Crippen molar-refractivity contribution < 1.29 is 24.7 Å². The number of nitrogens with one attached hydrogen (secondary N) is 2. The van der Waals surface area contributed by atoms with E-state index in [0.29, 0.717) is 36.6 Å². The van der Waals surface area contributed by atoms with Crippen molar-refractivity contribution in [1.29, 1.82) is 0 Å². The number of likely N-dealkylation sites (tertiary alicyclic amines) is 1. The highest BCUT2D eigenvalue weighted by Gasteiger charge is 2.36. The van der Waals surface area contributed by atoms with E-state index in [1.807, 2.05) is 27.1 Å². The van der Waals surface area contributed by atoms with Crippen LogP contribution >= 0.6 is 0 Å². The average molecular weight is 699 g/mol. The number of rotatable bonds is 10. The SMILES string of the molecule is Cc1cc(-c2ccc([C@@H](CC[NH+]3CCC(O)(CN(C)C)CC3)CC(=O)C3=Nc4cc5c(nc4C3)CC[C@H](C(C)(C)C)C5)cc2)c[nH]c1=O.O=CO. The molecule has 2 aromatic heterocycles. The second-order valence-corrected chi connectivity index (χ2v) is 16.3. The van der Waals surface area contributed by atoms with Gasteiger partial charge in [0.05, 0.1) is 42.3 Å². The number of carbonyl (C=O) groups is 2. The fourth-order valence-corrected chi connectivity index (χ4v) is 8.05. The summed E-state index contributed by atoms with van der Waals surface area (Å²) in [5.74, 6) is 0.789. The third-order valence-electron chi connectivity index (χ3n) is 11.2. The van der Waals surface area contributed by atoms with Crippen molar-refractivity contribution >= 4 is 23.7 Å². The van der Waals surface area contributed by atoms with Crippen LogP contribution in [0.4, 0.5) is 5.69 Å². The molecule has 1 saturated heterocycles. The summed E-state index contributed by atoms with van der Waals surface area (Å²) in [4.78, 5) is 50.6. The van der Waals surface area contributed by atoms with Crippen molar-refractivity contribution in [2.24, 2.45) is 16.3 Å². The fourth-order valence-electron chi connectivity index (χ4n) is 8.05. The van der Waals surface area contributed by atoms with Gasteiger partial charge in [0.1, 0.15) is 0 Å². The Labute approximate surface area is 302 Å². The maximum absolute atomic E-state index is 14.0. The molecular weight excluding hydrogens is 642 g/mol. The van der Waals surface area contributed by atoms with Gasteiger partial charge in [-0.15, -0.1) is 0 Å². The van der Waals surface area contributed by atoms with Crippen LogP contribution in [0.25, 0.3) is 11.1 Å².